The Labute approximate surface area is 187 Å². The van der Waals surface area contributed by atoms with Gasteiger partial charge in [0.25, 0.3) is 11.7 Å². The zero-order chi connectivity index (χ0) is 22.0. The van der Waals surface area contributed by atoms with E-state index in [1.54, 1.807) is 36.4 Å². The van der Waals surface area contributed by atoms with Gasteiger partial charge < -0.3 is 19.2 Å². The quantitative estimate of drug-likeness (QED) is 0.302. The van der Waals surface area contributed by atoms with Crippen molar-refractivity contribution in [2.24, 2.45) is 0 Å². The number of benzene rings is 2. The Morgan fingerprint density at radius 3 is 2.42 bits per heavy atom. The van der Waals surface area contributed by atoms with Crippen LogP contribution in [0.2, 0.25) is 0 Å². The molecule has 2 heterocycles. The lowest BCUT2D eigenvalue weighted by molar-refractivity contribution is -0.140. The number of nitrogens with zero attached hydrogens (tertiary/aromatic N) is 1. The molecule has 1 N–H and O–H groups in total. The van der Waals surface area contributed by atoms with Gasteiger partial charge in [-0.05, 0) is 61.0 Å². The number of aliphatic hydroxyl groups is 1. The number of aliphatic hydroxyl groups excluding tert-OH is 1. The van der Waals surface area contributed by atoms with Crippen LogP contribution in [0.1, 0.15) is 29.9 Å². The van der Waals surface area contributed by atoms with Crippen LogP contribution in [0.15, 0.2) is 81.4 Å². The van der Waals surface area contributed by atoms with Crippen molar-refractivity contribution in [2.45, 2.75) is 19.5 Å². The summed E-state index contributed by atoms with van der Waals surface area (Å²) >= 11 is 3.41. The highest BCUT2D eigenvalue weighted by Crippen LogP contribution is 2.40. The molecule has 1 saturated heterocycles. The van der Waals surface area contributed by atoms with Crippen LogP contribution in [-0.4, -0.2) is 28.3 Å². The third kappa shape index (κ3) is 4.14. The van der Waals surface area contributed by atoms with Crippen molar-refractivity contribution in [1.82, 2.24) is 4.90 Å². The van der Waals surface area contributed by atoms with E-state index < -0.39 is 17.7 Å². The first-order chi connectivity index (χ1) is 15.0. The van der Waals surface area contributed by atoms with E-state index in [2.05, 4.69) is 15.9 Å². The lowest BCUT2D eigenvalue weighted by atomic mass is 9.95. The van der Waals surface area contributed by atoms with Gasteiger partial charge in [-0.1, -0.05) is 28.1 Å². The van der Waals surface area contributed by atoms with Gasteiger partial charge in [0, 0.05) is 10.0 Å². The molecule has 1 aliphatic heterocycles. The van der Waals surface area contributed by atoms with Gasteiger partial charge in [-0.2, -0.15) is 0 Å². The Bertz CT molecular complexity index is 1120. The average Bonchev–Trinajstić information content (AvgIpc) is 3.37. The molecule has 0 radical (unpaired) electrons. The molecule has 4 rings (SSSR count). The highest BCUT2D eigenvalue weighted by Gasteiger charge is 2.46. The summed E-state index contributed by atoms with van der Waals surface area (Å²) in [6.45, 7) is 2.51. The molecular formula is C24H20BrNO5. The number of hydrogen-bond acceptors (Lipinski definition) is 5. The molecule has 3 aromatic rings. The van der Waals surface area contributed by atoms with E-state index in [4.69, 9.17) is 9.15 Å². The molecule has 1 atom stereocenters. The highest BCUT2D eigenvalue weighted by atomic mass is 79.9. The molecule has 0 saturated carbocycles. The Balaban J connectivity index is 1.81. The van der Waals surface area contributed by atoms with Crippen LogP contribution >= 0.6 is 15.9 Å². The SMILES string of the molecule is CCOc1ccc(/C(O)=C2\C(=O)C(=O)N(Cc3ccco3)C2c2ccc(Br)cc2)cc1. The summed E-state index contributed by atoms with van der Waals surface area (Å²) in [5, 5.41) is 11.1. The van der Waals surface area contributed by atoms with E-state index in [0.29, 0.717) is 29.2 Å². The van der Waals surface area contributed by atoms with Gasteiger partial charge in [0.05, 0.1) is 31.0 Å². The molecule has 31 heavy (non-hydrogen) atoms. The fourth-order valence-corrected chi connectivity index (χ4v) is 3.90. The van der Waals surface area contributed by atoms with Crippen LogP contribution in [0, 0.1) is 0 Å². The van der Waals surface area contributed by atoms with Crippen molar-refractivity contribution in [2.75, 3.05) is 6.61 Å². The lowest BCUT2D eigenvalue weighted by Crippen LogP contribution is -2.29. The van der Waals surface area contributed by atoms with Gasteiger partial charge in [-0.25, -0.2) is 0 Å². The monoisotopic (exact) mass is 481 g/mol. The number of hydrogen-bond donors (Lipinski definition) is 1. The number of ether oxygens (including phenoxy) is 1. The topological polar surface area (TPSA) is 80.0 Å². The Hall–Kier alpha value is -3.32. The third-order valence-corrected chi connectivity index (χ3v) is 5.60. The largest absolute Gasteiger partial charge is 0.507 e. The number of amides is 1. The summed E-state index contributed by atoms with van der Waals surface area (Å²) in [7, 11) is 0. The standard InChI is InChI=1S/C24H20BrNO5/c1-2-30-18-11-7-16(8-12-18)22(27)20-21(15-5-9-17(25)10-6-15)26(24(29)23(20)28)14-19-4-3-13-31-19/h3-13,21,27H,2,14H2,1H3/b22-20+. The molecule has 0 bridgehead atoms. The normalized spacial score (nSPS) is 17.9. The van der Waals surface area contributed by atoms with Gasteiger partial charge >= 0.3 is 0 Å². The zero-order valence-electron chi connectivity index (χ0n) is 16.7. The summed E-state index contributed by atoms with van der Waals surface area (Å²) in [4.78, 5) is 27.4. The van der Waals surface area contributed by atoms with Crippen LogP contribution < -0.4 is 4.74 Å². The second-order valence-electron chi connectivity index (χ2n) is 7.02. The van der Waals surface area contributed by atoms with Gasteiger partial charge in [-0.3, -0.25) is 9.59 Å². The molecule has 1 unspecified atom stereocenters. The summed E-state index contributed by atoms with van der Waals surface area (Å²) in [6, 6.07) is 16.8. The second-order valence-corrected chi connectivity index (χ2v) is 7.93. The molecule has 0 spiro atoms. The van der Waals surface area contributed by atoms with Crippen molar-refractivity contribution < 1.29 is 23.8 Å². The average molecular weight is 482 g/mol. The van der Waals surface area contributed by atoms with E-state index in [-0.39, 0.29) is 17.9 Å². The predicted octanol–water partition coefficient (Wildman–Crippen LogP) is 5.06. The Morgan fingerprint density at radius 2 is 1.81 bits per heavy atom. The number of likely N-dealkylation sites (tertiary alicyclic amines) is 1. The minimum Gasteiger partial charge on any atom is -0.507 e. The molecular weight excluding hydrogens is 462 g/mol. The molecule has 1 aromatic heterocycles. The van der Waals surface area contributed by atoms with Gasteiger partial charge in [-0.15, -0.1) is 0 Å². The fourth-order valence-electron chi connectivity index (χ4n) is 3.64. The molecule has 6 nitrogen and oxygen atoms in total. The summed E-state index contributed by atoms with van der Waals surface area (Å²) < 4.78 is 11.7. The summed E-state index contributed by atoms with van der Waals surface area (Å²) in [5.41, 5.74) is 1.19. The summed E-state index contributed by atoms with van der Waals surface area (Å²) in [6.07, 6.45) is 1.51. The van der Waals surface area contributed by atoms with Crippen LogP contribution in [0.3, 0.4) is 0 Å². The van der Waals surface area contributed by atoms with Crippen LogP contribution in [0.5, 0.6) is 5.75 Å². The lowest BCUT2D eigenvalue weighted by Gasteiger charge is -2.24. The number of carbonyl (C=O) groups excluding carboxylic acids is 2. The number of ketones is 1. The van der Waals surface area contributed by atoms with Gasteiger partial charge in [0.15, 0.2) is 0 Å². The Morgan fingerprint density at radius 1 is 1.10 bits per heavy atom. The molecule has 0 aliphatic carbocycles. The first-order valence-corrected chi connectivity index (χ1v) is 10.6. The van der Waals surface area contributed by atoms with Crippen molar-refractivity contribution >= 4 is 33.4 Å². The number of furan rings is 1. The van der Waals surface area contributed by atoms with Crippen LogP contribution in [0.25, 0.3) is 5.76 Å². The zero-order valence-corrected chi connectivity index (χ0v) is 18.3. The number of carbonyl (C=O) groups is 2. The molecule has 158 valence electrons. The first-order valence-electron chi connectivity index (χ1n) is 9.79. The van der Waals surface area contributed by atoms with E-state index in [0.717, 1.165) is 4.47 Å². The number of rotatable bonds is 6. The van der Waals surface area contributed by atoms with E-state index in [9.17, 15) is 14.7 Å². The van der Waals surface area contributed by atoms with Crippen LogP contribution in [-0.2, 0) is 16.1 Å². The minimum atomic E-state index is -0.746. The van der Waals surface area contributed by atoms with Gasteiger partial charge in [0.2, 0.25) is 0 Å². The molecule has 2 aromatic carbocycles. The molecule has 1 amide bonds. The first kappa shape index (κ1) is 20.9. The van der Waals surface area contributed by atoms with Crippen molar-refractivity contribution in [3.63, 3.8) is 0 Å². The third-order valence-electron chi connectivity index (χ3n) is 5.07. The minimum absolute atomic E-state index is 0.0445. The maximum Gasteiger partial charge on any atom is 0.296 e. The van der Waals surface area contributed by atoms with E-state index in [1.165, 1.54) is 11.2 Å². The molecule has 1 fully saturated rings. The van der Waals surface area contributed by atoms with Crippen molar-refractivity contribution in [3.05, 3.63) is 93.9 Å². The van der Waals surface area contributed by atoms with Crippen LogP contribution in [0.4, 0.5) is 0 Å². The maximum atomic E-state index is 13.0. The predicted molar refractivity (Wildman–Crippen MR) is 118 cm³/mol. The number of halogens is 1. The molecule has 7 heteroatoms. The summed E-state index contributed by atoms with van der Waals surface area (Å²) in [5.74, 6) is -0.439. The highest BCUT2D eigenvalue weighted by molar-refractivity contribution is 9.10. The van der Waals surface area contributed by atoms with Crippen molar-refractivity contribution in [1.29, 1.82) is 0 Å². The van der Waals surface area contributed by atoms with Crippen molar-refractivity contribution in [3.8, 4) is 5.75 Å². The number of Topliss-reactive ketones (excluding diaryl/α,β-unsaturated/α-hetero) is 1. The second kappa shape index (κ2) is 8.81. The maximum absolute atomic E-state index is 13.0. The van der Waals surface area contributed by atoms with E-state index >= 15 is 0 Å². The Kier molecular flexibility index (Phi) is 5.95. The van der Waals surface area contributed by atoms with Gasteiger partial charge in [0.1, 0.15) is 17.3 Å². The van der Waals surface area contributed by atoms with E-state index in [1.807, 2.05) is 31.2 Å². The fraction of sp³-hybridized carbons (Fsp3) is 0.167. The molecule has 1 aliphatic rings. The smallest absolute Gasteiger partial charge is 0.296 e.